The molecular formula is C27H29N3O3S. The molecule has 0 spiro atoms. The van der Waals surface area contributed by atoms with E-state index in [1.54, 1.807) is 24.7 Å². The highest BCUT2D eigenvalue weighted by Gasteiger charge is 2.29. The lowest BCUT2D eigenvalue weighted by Gasteiger charge is -2.35. The molecule has 6 nitrogen and oxygen atoms in total. The van der Waals surface area contributed by atoms with Gasteiger partial charge in [0.25, 0.3) is 5.91 Å². The maximum absolute atomic E-state index is 13.9. The van der Waals surface area contributed by atoms with Crippen molar-refractivity contribution in [3.8, 4) is 17.1 Å². The molecule has 0 N–H and O–H groups in total. The number of methoxy groups -OCH3 is 1. The fraction of sp³-hybridized carbons (Fsp3) is 0.296. The molecule has 0 saturated carbocycles. The fourth-order valence-electron chi connectivity index (χ4n) is 4.61. The third-order valence-electron chi connectivity index (χ3n) is 6.40. The highest BCUT2D eigenvalue weighted by atomic mass is 32.1. The van der Waals surface area contributed by atoms with Gasteiger partial charge in [-0.2, -0.15) is 11.3 Å². The highest BCUT2D eigenvalue weighted by molar-refractivity contribution is 7.07. The number of ether oxygens (including phenoxy) is 1. The summed E-state index contributed by atoms with van der Waals surface area (Å²) in [5.41, 5.74) is 5.05. The van der Waals surface area contributed by atoms with Crippen molar-refractivity contribution in [2.45, 2.75) is 20.0 Å². The molecule has 7 heteroatoms. The van der Waals surface area contributed by atoms with Crippen LogP contribution in [-0.4, -0.2) is 53.6 Å². The average molecular weight is 476 g/mol. The summed E-state index contributed by atoms with van der Waals surface area (Å²) >= 11 is 1.73. The number of carbonyl (C=O) groups excluding carboxylic acids is 1. The number of hydrogen-bond donors (Lipinski definition) is 0. The normalized spacial score (nSPS) is 14.5. The minimum Gasteiger partial charge on any atom is -0.497 e. The van der Waals surface area contributed by atoms with Crippen molar-refractivity contribution < 1.29 is 13.9 Å². The van der Waals surface area contributed by atoms with Crippen molar-refractivity contribution >= 4 is 17.2 Å². The molecule has 4 heterocycles. The van der Waals surface area contributed by atoms with E-state index in [-0.39, 0.29) is 5.91 Å². The largest absolute Gasteiger partial charge is 0.497 e. The van der Waals surface area contributed by atoms with Crippen LogP contribution in [0.5, 0.6) is 5.75 Å². The lowest BCUT2D eigenvalue weighted by molar-refractivity contribution is 0.0619. The molecule has 0 aliphatic carbocycles. The van der Waals surface area contributed by atoms with Gasteiger partial charge in [-0.25, -0.2) is 0 Å². The first kappa shape index (κ1) is 22.5. The molecule has 1 amide bonds. The zero-order valence-electron chi connectivity index (χ0n) is 19.6. The van der Waals surface area contributed by atoms with Crippen molar-refractivity contribution in [1.82, 2.24) is 14.4 Å². The lowest BCUT2D eigenvalue weighted by atomic mass is 10.1. The van der Waals surface area contributed by atoms with Crippen LogP contribution in [0.4, 0.5) is 0 Å². The van der Waals surface area contributed by atoms with Gasteiger partial charge in [0.05, 0.1) is 18.9 Å². The molecule has 3 aromatic heterocycles. The van der Waals surface area contributed by atoms with Crippen LogP contribution in [-0.2, 0) is 13.1 Å². The van der Waals surface area contributed by atoms with Crippen LogP contribution >= 0.6 is 11.3 Å². The van der Waals surface area contributed by atoms with Crippen LogP contribution in [0, 0.1) is 6.92 Å². The maximum Gasteiger partial charge on any atom is 0.271 e. The first-order valence-electron chi connectivity index (χ1n) is 11.5. The van der Waals surface area contributed by atoms with Gasteiger partial charge in [0.2, 0.25) is 0 Å². The Morgan fingerprint density at radius 3 is 2.47 bits per heavy atom. The van der Waals surface area contributed by atoms with E-state index in [9.17, 15) is 4.79 Å². The predicted molar refractivity (Wildman–Crippen MR) is 134 cm³/mol. The van der Waals surface area contributed by atoms with Crippen LogP contribution < -0.4 is 4.74 Å². The van der Waals surface area contributed by atoms with Crippen LogP contribution in [0.3, 0.4) is 0 Å². The molecule has 1 aromatic carbocycles. The number of aromatic nitrogens is 1. The third-order valence-corrected chi connectivity index (χ3v) is 7.13. The number of rotatable bonds is 7. The molecule has 0 atom stereocenters. The van der Waals surface area contributed by atoms with E-state index in [1.165, 1.54) is 5.56 Å². The van der Waals surface area contributed by atoms with Crippen molar-refractivity contribution in [3.05, 3.63) is 88.1 Å². The van der Waals surface area contributed by atoms with Gasteiger partial charge in [0, 0.05) is 45.5 Å². The number of benzene rings is 1. The van der Waals surface area contributed by atoms with Crippen LogP contribution in [0.25, 0.3) is 11.3 Å². The molecule has 0 unspecified atom stereocenters. The van der Waals surface area contributed by atoms with E-state index < -0.39 is 0 Å². The van der Waals surface area contributed by atoms with E-state index in [0.717, 1.165) is 47.8 Å². The second kappa shape index (κ2) is 9.91. The zero-order valence-corrected chi connectivity index (χ0v) is 20.4. The lowest BCUT2D eigenvalue weighted by Crippen LogP contribution is -2.48. The van der Waals surface area contributed by atoms with Crippen molar-refractivity contribution in [3.63, 3.8) is 0 Å². The molecule has 0 bridgehead atoms. The van der Waals surface area contributed by atoms with E-state index >= 15 is 0 Å². The topological polar surface area (TPSA) is 50.9 Å². The second-order valence-corrected chi connectivity index (χ2v) is 9.47. The molecule has 1 aliphatic heterocycles. The second-order valence-electron chi connectivity index (χ2n) is 8.69. The average Bonchev–Trinajstić information content (AvgIpc) is 3.62. The van der Waals surface area contributed by atoms with Crippen molar-refractivity contribution in [1.29, 1.82) is 0 Å². The smallest absolute Gasteiger partial charge is 0.271 e. The zero-order chi connectivity index (χ0) is 23.5. The molecule has 176 valence electrons. The monoisotopic (exact) mass is 475 g/mol. The Balaban J connectivity index is 1.40. The van der Waals surface area contributed by atoms with Gasteiger partial charge >= 0.3 is 0 Å². The van der Waals surface area contributed by atoms with E-state index in [1.807, 2.05) is 48.2 Å². The number of hydrogen-bond acceptors (Lipinski definition) is 5. The molecule has 1 fully saturated rings. The van der Waals surface area contributed by atoms with Crippen LogP contribution in [0.2, 0.25) is 0 Å². The van der Waals surface area contributed by atoms with Gasteiger partial charge < -0.3 is 18.6 Å². The van der Waals surface area contributed by atoms with E-state index in [2.05, 4.69) is 32.5 Å². The van der Waals surface area contributed by atoms with Gasteiger partial charge in [-0.3, -0.25) is 9.69 Å². The summed E-state index contributed by atoms with van der Waals surface area (Å²) in [5.74, 6) is 1.61. The van der Waals surface area contributed by atoms with Crippen molar-refractivity contribution in [2.24, 2.45) is 0 Å². The van der Waals surface area contributed by atoms with E-state index in [4.69, 9.17) is 9.15 Å². The Morgan fingerprint density at radius 1 is 1.03 bits per heavy atom. The Hall–Kier alpha value is -3.29. The fourth-order valence-corrected chi connectivity index (χ4v) is 5.27. The summed E-state index contributed by atoms with van der Waals surface area (Å²) in [5, 5.41) is 4.31. The predicted octanol–water partition coefficient (Wildman–Crippen LogP) is 5.13. The molecule has 1 aliphatic rings. The van der Waals surface area contributed by atoms with E-state index in [0.29, 0.717) is 25.3 Å². The Labute approximate surface area is 204 Å². The SMILES string of the molecule is COc1ccc(Cn2cc(C)c(-c3ccco3)c2C(=O)N2CCN(Cc3ccsc3)CC2)cc1. The maximum atomic E-state index is 13.9. The number of furan rings is 1. The number of thiophene rings is 1. The highest BCUT2D eigenvalue weighted by Crippen LogP contribution is 2.32. The van der Waals surface area contributed by atoms with Gasteiger partial charge in [-0.15, -0.1) is 0 Å². The summed E-state index contributed by atoms with van der Waals surface area (Å²) in [7, 11) is 1.66. The summed E-state index contributed by atoms with van der Waals surface area (Å²) in [4.78, 5) is 18.3. The van der Waals surface area contributed by atoms with Gasteiger partial charge in [-0.05, 0) is 64.7 Å². The van der Waals surface area contributed by atoms with Crippen molar-refractivity contribution in [2.75, 3.05) is 33.3 Å². The number of aryl methyl sites for hydroxylation is 1. The summed E-state index contributed by atoms with van der Waals surface area (Å²) in [6.07, 6.45) is 3.72. The Morgan fingerprint density at radius 2 is 1.82 bits per heavy atom. The third kappa shape index (κ3) is 4.67. The summed E-state index contributed by atoms with van der Waals surface area (Å²) in [6, 6.07) is 14.0. The number of nitrogens with zero attached hydrogens (tertiary/aromatic N) is 3. The van der Waals surface area contributed by atoms with Crippen LogP contribution in [0.1, 0.15) is 27.2 Å². The van der Waals surface area contributed by atoms with Gasteiger partial charge in [0.1, 0.15) is 17.2 Å². The number of carbonyl (C=O) groups is 1. The first-order valence-corrected chi connectivity index (χ1v) is 12.5. The minimum absolute atomic E-state index is 0.0585. The first-order chi connectivity index (χ1) is 16.6. The number of amides is 1. The quantitative estimate of drug-likeness (QED) is 0.372. The summed E-state index contributed by atoms with van der Waals surface area (Å²) < 4.78 is 13.1. The molecular weight excluding hydrogens is 446 g/mol. The minimum atomic E-state index is 0.0585. The molecule has 1 saturated heterocycles. The summed E-state index contributed by atoms with van der Waals surface area (Å²) in [6.45, 7) is 6.76. The molecule has 34 heavy (non-hydrogen) atoms. The van der Waals surface area contributed by atoms with Gasteiger partial charge in [0.15, 0.2) is 0 Å². The van der Waals surface area contributed by atoms with Gasteiger partial charge in [-0.1, -0.05) is 12.1 Å². The van der Waals surface area contributed by atoms with Crippen LogP contribution in [0.15, 0.2) is 70.1 Å². The molecule has 0 radical (unpaired) electrons. The molecule has 4 aromatic rings. The number of piperazine rings is 1. The molecule has 5 rings (SSSR count). The Kier molecular flexibility index (Phi) is 6.56. The standard InChI is InChI=1S/C27H29N3O3S/c1-20-16-30(18-21-5-7-23(32-2)8-6-21)26(25(20)24-4-3-14-33-24)27(31)29-12-10-28(11-13-29)17-22-9-15-34-19-22/h3-9,14-16,19H,10-13,17-18H2,1-2H3. The Bertz CT molecular complexity index is 1220.